The molecule has 0 unspecified atom stereocenters. The monoisotopic (exact) mass is 392 g/mol. The maximum atomic E-state index is 13.0. The number of rotatable bonds is 4. The molecule has 8 heteroatoms. The molecule has 0 spiro atoms. The van der Waals surface area contributed by atoms with Gasteiger partial charge in [-0.1, -0.05) is 0 Å². The van der Waals surface area contributed by atoms with Gasteiger partial charge in [0.05, 0.1) is 15.3 Å². The number of ether oxygens (including phenoxy) is 2. The van der Waals surface area contributed by atoms with E-state index in [9.17, 15) is 19.2 Å². The van der Waals surface area contributed by atoms with Crippen LogP contribution < -0.4 is 0 Å². The second-order valence-electron chi connectivity index (χ2n) is 5.95. The van der Waals surface area contributed by atoms with Gasteiger partial charge in [-0.25, -0.2) is 0 Å². The van der Waals surface area contributed by atoms with Gasteiger partial charge < -0.3 is 9.47 Å². The lowest BCUT2D eigenvalue weighted by Crippen LogP contribution is -2.19. The Morgan fingerprint density at radius 3 is 2.19 bits per heavy atom. The third kappa shape index (κ3) is 3.10. The Bertz CT molecular complexity index is 932. The molecule has 0 fully saturated rings. The molecule has 2 aromatic heterocycles. The van der Waals surface area contributed by atoms with Gasteiger partial charge in [-0.2, -0.15) is 0 Å². The van der Waals surface area contributed by atoms with Crippen molar-refractivity contribution in [3.63, 3.8) is 0 Å². The summed E-state index contributed by atoms with van der Waals surface area (Å²) in [5.74, 6) is -1.39. The molecule has 2 atom stereocenters. The van der Waals surface area contributed by atoms with Crippen molar-refractivity contribution in [2.75, 3.05) is 0 Å². The number of carbonyl (C=O) groups is 4. The molecule has 0 saturated carbocycles. The number of fused-ring (bicyclic) bond motifs is 2. The molecule has 26 heavy (non-hydrogen) atoms. The van der Waals surface area contributed by atoms with Crippen molar-refractivity contribution in [3.05, 3.63) is 42.8 Å². The van der Waals surface area contributed by atoms with Crippen molar-refractivity contribution in [1.82, 2.24) is 0 Å². The van der Waals surface area contributed by atoms with Crippen LogP contribution >= 0.6 is 22.7 Å². The largest absolute Gasteiger partial charge is 0.458 e. The quantitative estimate of drug-likeness (QED) is 0.627. The predicted molar refractivity (Wildman–Crippen MR) is 95.9 cm³/mol. The summed E-state index contributed by atoms with van der Waals surface area (Å²) in [5.41, 5.74) is 1.16. The van der Waals surface area contributed by atoms with E-state index in [-0.39, 0.29) is 11.6 Å². The Kier molecular flexibility index (Phi) is 4.81. The topological polar surface area (TPSA) is 86.7 Å². The fourth-order valence-corrected chi connectivity index (χ4v) is 5.06. The molecule has 2 heterocycles. The summed E-state index contributed by atoms with van der Waals surface area (Å²) in [6.07, 6.45) is -1.16. The van der Waals surface area contributed by atoms with Gasteiger partial charge in [-0.05, 0) is 25.3 Å². The highest BCUT2D eigenvalue weighted by molar-refractivity contribution is 7.16. The van der Waals surface area contributed by atoms with E-state index < -0.39 is 24.1 Å². The standard InChI is InChI=1S/C18H16O6S2/c1-7(23-9(3)19)12-6-25-18-14(12)16(22)17-11(15(18)21)5-13(26-17)8(2)24-10(4)20/h5-8H,1-4H3/t7-,8-/m1/s1. The maximum absolute atomic E-state index is 13.0. The van der Waals surface area contributed by atoms with Crippen LogP contribution in [0.1, 0.15) is 80.8 Å². The summed E-state index contributed by atoms with van der Waals surface area (Å²) >= 11 is 2.32. The van der Waals surface area contributed by atoms with Gasteiger partial charge in [0.1, 0.15) is 12.2 Å². The average molecular weight is 392 g/mol. The highest BCUT2D eigenvalue weighted by Crippen LogP contribution is 2.41. The van der Waals surface area contributed by atoms with Gasteiger partial charge in [0, 0.05) is 29.9 Å². The number of hydrogen-bond donors (Lipinski definition) is 0. The van der Waals surface area contributed by atoms with Crippen LogP contribution in [0.25, 0.3) is 0 Å². The summed E-state index contributed by atoms with van der Waals surface area (Å²) in [6, 6.07) is 1.62. The fraction of sp³-hybridized carbons (Fsp3) is 0.333. The molecule has 0 bridgehead atoms. The van der Waals surface area contributed by atoms with E-state index in [1.807, 2.05) is 0 Å². The van der Waals surface area contributed by atoms with Crippen LogP contribution in [0, 0.1) is 0 Å². The fourth-order valence-electron chi connectivity index (χ4n) is 2.87. The molecule has 0 amide bonds. The van der Waals surface area contributed by atoms with Crippen LogP contribution in [-0.2, 0) is 19.1 Å². The van der Waals surface area contributed by atoms with E-state index in [2.05, 4.69) is 0 Å². The highest BCUT2D eigenvalue weighted by atomic mass is 32.1. The van der Waals surface area contributed by atoms with Gasteiger partial charge in [0.25, 0.3) is 0 Å². The summed E-state index contributed by atoms with van der Waals surface area (Å²) < 4.78 is 10.3. The number of carbonyl (C=O) groups excluding carboxylic acids is 4. The van der Waals surface area contributed by atoms with E-state index in [0.717, 1.165) is 11.3 Å². The minimum atomic E-state index is -0.620. The predicted octanol–water partition coefficient (Wildman–Crippen LogP) is 3.83. The first-order valence-electron chi connectivity index (χ1n) is 7.89. The molecule has 136 valence electrons. The van der Waals surface area contributed by atoms with Crippen LogP contribution in [0.2, 0.25) is 0 Å². The molecule has 0 saturated heterocycles. The van der Waals surface area contributed by atoms with Gasteiger partial charge in [-0.15, -0.1) is 22.7 Å². The normalized spacial score (nSPS) is 15.1. The van der Waals surface area contributed by atoms with Gasteiger partial charge >= 0.3 is 11.9 Å². The van der Waals surface area contributed by atoms with Crippen molar-refractivity contribution in [2.24, 2.45) is 0 Å². The minimum absolute atomic E-state index is 0.238. The molecular formula is C18H16O6S2. The van der Waals surface area contributed by atoms with Crippen molar-refractivity contribution in [2.45, 2.75) is 39.9 Å². The molecule has 2 aromatic rings. The smallest absolute Gasteiger partial charge is 0.303 e. The van der Waals surface area contributed by atoms with E-state index >= 15 is 0 Å². The Morgan fingerprint density at radius 2 is 1.58 bits per heavy atom. The summed E-state index contributed by atoms with van der Waals surface area (Å²) in [6.45, 7) is 5.96. The molecule has 0 aliphatic heterocycles. The number of esters is 2. The lowest BCUT2D eigenvalue weighted by molar-refractivity contribution is -0.146. The first kappa shape index (κ1) is 18.5. The summed E-state index contributed by atoms with van der Waals surface area (Å²) in [7, 11) is 0. The maximum Gasteiger partial charge on any atom is 0.303 e. The van der Waals surface area contributed by atoms with Gasteiger partial charge in [0.15, 0.2) is 0 Å². The van der Waals surface area contributed by atoms with Gasteiger partial charge in [-0.3, -0.25) is 19.2 Å². The van der Waals surface area contributed by atoms with Crippen LogP contribution in [0.5, 0.6) is 0 Å². The number of hydrogen-bond acceptors (Lipinski definition) is 8. The van der Waals surface area contributed by atoms with Crippen LogP contribution in [0.4, 0.5) is 0 Å². The van der Waals surface area contributed by atoms with Crippen molar-refractivity contribution < 1.29 is 28.7 Å². The number of thiophene rings is 2. The first-order valence-corrected chi connectivity index (χ1v) is 9.59. The SMILES string of the molecule is CC(=O)O[C@H](C)c1cc2c(s1)C(=O)c1c([C@@H](C)OC(C)=O)csc1C2=O. The van der Waals surface area contributed by atoms with Crippen molar-refractivity contribution in [1.29, 1.82) is 0 Å². The van der Waals surface area contributed by atoms with Gasteiger partial charge in [0.2, 0.25) is 11.6 Å². The lowest BCUT2D eigenvalue weighted by atomic mass is 9.91. The molecule has 1 aliphatic carbocycles. The Balaban J connectivity index is 2.02. The second-order valence-corrected chi connectivity index (χ2v) is 7.91. The third-order valence-electron chi connectivity index (χ3n) is 3.98. The zero-order valence-corrected chi connectivity index (χ0v) is 16.2. The van der Waals surface area contributed by atoms with E-state index in [1.54, 1.807) is 25.3 Å². The summed E-state index contributed by atoms with van der Waals surface area (Å²) in [4.78, 5) is 49.5. The molecule has 0 aromatic carbocycles. The Morgan fingerprint density at radius 1 is 0.962 bits per heavy atom. The third-order valence-corrected chi connectivity index (χ3v) is 6.27. The molecule has 6 nitrogen and oxygen atoms in total. The highest BCUT2D eigenvalue weighted by Gasteiger charge is 2.37. The summed E-state index contributed by atoms with van der Waals surface area (Å²) in [5, 5.41) is 1.69. The molecule has 0 radical (unpaired) electrons. The van der Waals surface area contributed by atoms with Crippen LogP contribution in [0.15, 0.2) is 11.4 Å². The Hall–Kier alpha value is -2.32. The number of ketones is 2. The van der Waals surface area contributed by atoms with Crippen LogP contribution in [0.3, 0.4) is 0 Å². The van der Waals surface area contributed by atoms with Crippen molar-refractivity contribution >= 4 is 46.2 Å². The Labute approximate surface area is 157 Å². The molecule has 3 rings (SSSR count). The lowest BCUT2D eigenvalue weighted by Gasteiger charge is -2.15. The zero-order chi connectivity index (χ0) is 19.2. The van der Waals surface area contributed by atoms with E-state index in [1.165, 1.54) is 25.2 Å². The van der Waals surface area contributed by atoms with E-state index in [0.29, 0.717) is 31.3 Å². The minimum Gasteiger partial charge on any atom is -0.458 e. The van der Waals surface area contributed by atoms with Crippen molar-refractivity contribution in [3.8, 4) is 0 Å². The molecule has 1 aliphatic rings. The van der Waals surface area contributed by atoms with Crippen LogP contribution in [-0.4, -0.2) is 23.5 Å². The molecular weight excluding hydrogens is 376 g/mol. The molecule has 0 N–H and O–H groups in total. The first-order chi connectivity index (χ1) is 12.2. The second kappa shape index (κ2) is 6.77. The van der Waals surface area contributed by atoms with E-state index in [4.69, 9.17) is 9.47 Å². The average Bonchev–Trinajstić information content (AvgIpc) is 3.16. The zero-order valence-electron chi connectivity index (χ0n) is 14.6.